The number of hydrogen-bond donors (Lipinski definition) is 0. The highest BCUT2D eigenvalue weighted by molar-refractivity contribution is 5.79. The van der Waals surface area contributed by atoms with Gasteiger partial charge in [0, 0.05) is 18.8 Å². The zero-order valence-electron chi connectivity index (χ0n) is 14.0. The minimum atomic E-state index is 0.152. The monoisotopic (exact) mass is 318 g/mol. The lowest BCUT2D eigenvalue weighted by molar-refractivity contribution is -0.143. The van der Waals surface area contributed by atoms with Crippen molar-refractivity contribution < 1.29 is 14.3 Å². The highest BCUT2D eigenvalue weighted by Gasteiger charge is 2.29. The summed E-state index contributed by atoms with van der Waals surface area (Å²) in [4.78, 5) is 16.9. The molecular formula is C18H26N2O3. The third-order valence-electron chi connectivity index (χ3n) is 4.62. The molecule has 1 aromatic carbocycles. The number of anilines is 1. The van der Waals surface area contributed by atoms with Gasteiger partial charge in [-0.05, 0) is 31.5 Å². The van der Waals surface area contributed by atoms with Gasteiger partial charge in [0.15, 0.2) is 0 Å². The fourth-order valence-electron chi connectivity index (χ4n) is 3.41. The standard InChI is InChI=1S/C18H26N2O3/c1-14-12-23-13-15(2)20(14)18(21)11-16-3-5-17(6-4-16)19-7-9-22-10-8-19/h3-6,14-15H,7-13H2,1-2H3. The van der Waals surface area contributed by atoms with E-state index in [1.807, 2.05) is 4.90 Å². The van der Waals surface area contributed by atoms with E-state index < -0.39 is 0 Å². The van der Waals surface area contributed by atoms with E-state index >= 15 is 0 Å². The Balaban J connectivity index is 1.62. The molecule has 0 aromatic heterocycles. The second kappa shape index (κ2) is 7.32. The maximum atomic E-state index is 12.6. The molecule has 3 rings (SSSR count). The molecule has 2 unspecified atom stereocenters. The van der Waals surface area contributed by atoms with Crippen molar-refractivity contribution in [2.75, 3.05) is 44.4 Å². The average molecular weight is 318 g/mol. The maximum absolute atomic E-state index is 12.6. The summed E-state index contributed by atoms with van der Waals surface area (Å²) in [6, 6.07) is 8.66. The van der Waals surface area contributed by atoms with Gasteiger partial charge in [0.1, 0.15) is 0 Å². The normalized spacial score (nSPS) is 25.5. The number of carbonyl (C=O) groups is 1. The first kappa shape index (κ1) is 16.3. The molecule has 126 valence electrons. The topological polar surface area (TPSA) is 42.0 Å². The van der Waals surface area contributed by atoms with E-state index in [0.29, 0.717) is 19.6 Å². The van der Waals surface area contributed by atoms with Crippen LogP contribution in [0.15, 0.2) is 24.3 Å². The summed E-state index contributed by atoms with van der Waals surface area (Å²) in [6.07, 6.45) is 0.456. The summed E-state index contributed by atoms with van der Waals surface area (Å²) >= 11 is 0. The molecule has 0 bridgehead atoms. The maximum Gasteiger partial charge on any atom is 0.227 e. The van der Waals surface area contributed by atoms with Crippen LogP contribution in [-0.4, -0.2) is 62.4 Å². The van der Waals surface area contributed by atoms with E-state index in [1.165, 1.54) is 5.69 Å². The van der Waals surface area contributed by atoms with Gasteiger partial charge >= 0.3 is 0 Å². The van der Waals surface area contributed by atoms with Gasteiger partial charge < -0.3 is 19.3 Å². The van der Waals surface area contributed by atoms with Crippen LogP contribution in [0.5, 0.6) is 0 Å². The Bertz CT molecular complexity index is 516. The summed E-state index contributed by atoms with van der Waals surface area (Å²) in [5.74, 6) is 0.187. The summed E-state index contributed by atoms with van der Waals surface area (Å²) in [5, 5.41) is 0. The van der Waals surface area contributed by atoms with Gasteiger partial charge in [-0.1, -0.05) is 12.1 Å². The molecule has 1 amide bonds. The lowest BCUT2D eigenvalue weighted by atomic mass is 10.1. The quantitative estimate of drug-likeness (QED) is 0.851. The molecule has 0 N–H and O–H groups in total. The number of morpholine rings is 2. The summed E-state index contributed by atoms with van der Waals surface area (Å²) in [5.41, 5.74) is 2.27. The largest absolute Gasteiger partial charge is 0.378 e. The predicted molar refractivity (Wildman–Crippen MR) is 89.8 cm³/mol. The molecule has 2 heterocycles. The van der Waals surface area contributed by atoms with E-state index in [4.69, 9.17) is 9.47 Å². The SMILES string of the molecule is CC1COCC(C)N1C(=O)Cc1ccc(N2CCOCC2)cc1. The minimum Gasteiger partial charge on any atom is -0.378 e. The van der Waals surface area contributed by atoms with Gasteiger partial charge in [-0.25, -0.2) is 0 Å². The van der Waals surface area contributed by atoms with Crippen molar-refractivity contribution in [3.8, 4) is 0 Å². The van der Waals surface area contributed by atoms with Crippen LogP contribution in [0, 0.1) is 0 Å². The average Bonchev–Trinajstić information content (AvgIpc) is 2.56. The second-order valence-electron chi connectivity index (χ2n) is 6.48. The lowest BCUT2D eigenvalue weighted by Gasteiger charge is -2.39. The van der Waals surface area contributed by atoms with Gasteiger partial charge in [-0.3, -0.25) is 4.79 Å². The number of hydrogen-bond acceptors (Lipinski definition) is 4. The smallest absolute Gasteiger partial charge is 0.227 e. The Morgan fingerprint density at radius 2 is 1.65 bits per heavy atom. The van der Waals surface area contributed by atoms with Gasteiger partial charge in [-0.15, -0.1) is 0 Å². The van der Waals surface area contributed by atoms with E-state index in [0.717, 1.165) is 31.9 Å². The Morgan fingerprint density at radius 3 is 2.26 bits per heavy atom. The van der Waals surface area contributed by atoms with Crippen molar-refractivity contribution in [2.45, 2.75) is 32.4 Å². The van der Waals surface area contributed by atoms with Gasteiger partial charge in [-0.2, -0.15) is 0 Å². The van der Waals surface area contributed by atoms with Crippen molar-refractivity contribution in [3.63, 3.8) is 0 Å². The van der Waals surface area contributed by atoms with Crippen molar-refractivity contribution in [1.29, 1.82) is 0 Å². The zero-order chi connectivity index (χ0) is 16.2. The molecule has 2 aliphatic rings. The first-order valence-corrected chi connectivity index (χ1v) is 8.45. The summed E-state index contributed by atoms with van der Waals surface area (Å²) in [7, 11) is 0. The second-order valence-corrected chi connectivity index (χ2v) is 6.48. The van der Waals surface area contributed by atoms with Crippen molar-refractivity contribution >= 4 is 11.6 Å². The van der Waals surface area contributed by atoms with Crippen LogP contribution in [0.25, 0.3) is 0 Å². The Kier molecular flexibility index (Phi) is 5.18. The molecule has 23 heavy (non-hydrogen) atoms. The number of carbonyl (C=O) groups excluding carboxylic acids is 1. The van der Waals surface area contributed by atoms with Crippen molar-refractivity contribution in [1.82, 2.24) is 4.90 Å². The Labute approximate surface area is 138 Å². The fraction of sp³-hybridized carbons (Fsp3) is 0.611. The molecule has 0 spiro atoms. The van der Waals surface area contributed by atoms with E-state index in [2.05, 4.69) is 43.0 Å². The highest BCUT2D eigenvalue weighted by atomic mass is 16.5. The molecule has 5 nitrogen and oxygen atoms in total. The third kappa shape index (κ3) is 3.85. The summed E-state index contributed by atoms with van der Waals surface area (Å²) < 4.78 is 10.9. The van der Waals surface area contributed by atoms with Crippen molar-refractivity contribution in [2.24, 2.45) is 0 Å². The van der Waals surface area contributed by atoms with Crippen molar-refractivity contribution in [3.05, 3.63) is 29.8 Å². The molecule has 5 heteroatoms. The number of benzene rings is 1. The number of ether oxygens (including phenoxy) is 2. The van der Waals surface area contributed by atoms with Gasteiger partial charge in [0.2, 0.25) is 5.91 Å². The third-order valence-corrected chi connectivity index (χ3v) is 4.62. The fourth-order valence-corrected chi connectivity index (χ4v) is 3.41. The van der Waals surface area contributed by atoms with Crippen LogP contribution < -0.4 is 4.90 Å². The molecule has 0 radical (unpaired) electrons. The first-order valence-electron chi connectivity index (χ1n) is 8.45. The molecule has 1 aromatic rings. The van der Waals surface area contributed by atoms with Crippen LogP contribution in [-0.2, 0) is 20.7 Å². The molecule has 2 aliphatic heterocycles. The molecule has 0 saturated carbocycles. The van der Waals surface area contributed by atoms with Gasteiger partial charge in [0.05, 0.1) is 44.9 Å². The van der Waals surface area contributed by atoms with E-state index in [1.54, 1.807) is 0 Å². The van der Waals surface area contributed by atoms with Crippen LogP contribution >= 0.6 is 0 Å². The number of rotatable bonds is 3. The molecular weight excluding hydrogens is 292 g/mol. The molecule has 0 aliphatic carbocycles. The van der Waals surface area contributed by atoms with Gasteiger partial charge in [0.25, 0.3) is 0 Å². The zero-order valence-corrected chi connectivity index (χ0v) is 14.0. The van der Waals surface area contributed by atoms with Crippen LogP contribution in [0.1, 0.15) is 19.4 Å². The summed E-state index contributed by atoms with van der Waals surface area (Å²) in [6.45, 7) is 8.80. The lowest BCUT2D eigenvalue weighted by Crippen LogP contribution is -2.53. The predicted octanol–water partition coefficient (Wildman–Crippen LogP) is 1.70. The van der Waals surface area contributed by atoms with E-state index in [9.17, 15) is 4.79 Å². The number of nitrogens with zero attached hydrogens (tertiary/aromatic N) is 2. The first-order chi connectivity index (χ1) is 11.1. The molecule has 2 saturated heterocycles. The van der Waals surface area contributed by atoms with Crippen LogP contribution in [0.2, 0.25) is 0 Å². The Hall–Kier alpha value is -1.59. The van der Waals surface area contributed by atoms with Crippen LogP contribution in [0.4, 0.5) is 5.69 Å². The Morgan fingerprint density at radius 1 is 1.04 bits per heavy atom. The molecule has 2 fully saturated rings. The van der Waals surface area contributed by atoms with E-state index in [-0.39, 0.29) is 18.0 Å². The number of amides is 1. The highest BCUT2D eigenvalue weighted by Crippen LogP contribution is 2.19. The molecule has 2 atom stereocenters. The van der Waals surface area contributed by atoms with Crippen LogP contribution in [0.3, 0.4) is 0 Å². The minimum absolute atomic E-state index is 0.152.